The lowest BCUT2D eigenvalue weighted by atomic mass is 10.0. The van der Waals surface area contributed by atoms with Gasteiger partial charge in [0.25, 0.3) is 0 Å². The zero-order chi connectivity index (χ0) is 28.1. The number of nitrogens with zero attached hydrogens (tertiary/aromatic N) is 2. The van der Waals surface area contributed by atoms with Crippen LogP contribution in [-0.4, -0.2) is 34.1 Å². The monoisotopic (exact) mass is 545 g/mol. The number of rotatable bonds is 9. The van der Waals surface area contributed by atoms with Crippen molar-refractivity contribution < 1.29 is 18.7 Å². The highest BCUT2D eigenvalue weighted by Crippen LogP contribution is 2.45. The number of hydrogen-bond donors (Lipinski definition) is 2. The summed E-state index contributed by atoms with van der Waals surface area (Å²) >= 11 is 0. The number of fused-ring (bicyclic) bond motifs is 10. The molecule has 0 aliphatic carbocycles. The largest absolute Gasteiger partial charge is 0.478 e. The van der Waals surface area contributed by atoms with Gasteiger partial charge in [-0.3, -0.25) is 0 Å². The minimum Gasteiger partial charge on any atom is -0.478 e. The van der Waals surface area contributed by atoms with Crippen molar-refractivity contribution in [1.82, 2.24) is 9.97 Å². The van der Waals surface area contributed by atoms with E-state index in [0.717, 1.165) is 76.9 Å². The van der Waals surface area contributed by atoms with E-state index < -0.39 is 5.97 Å². The Labute approximate surface area is 236 Å². The van der Waals surface area contributed by atoms with Crippen molar-refractivity contribution in [3.05, 3.63) is 72.3 Å². The number of aromatic carboxylic acids is 1. The SMILES string of the molecule is CCCCN(CCCC)c1ccc2c(c1)oc1c3nc(-c4ccc(C(=O)O)cc4)oc3c3[nH]c4ccccc4c3c21. The highest BCUT2D eigenvalue weighted by Gasteiger charge is 2.24. The van der Waals surface area contributed by atoms with Crippen LogP contribution < -0.4 is 4.90 Å². The van der Waals surface area contributed by atoms with Crippen molar-refractivity contribution in [2.24, 2.45) is 0 Å². The molecule has 0 radical (unpaired) electrons. The van der Waals surface area contributed by atoms with Gasteiger partial charge in [-0.25, -0.2) is 9.78 Å². The predicted molar refractivity (Wildman–Crippen MR) is 165 cm³/mol. The number of carboxylic acid groups (broad SMARTS) is 1. The number of nitrogens with one attached hydrogen (secondary N) is 1. The molecule has 4 aromatic carbocycles. The molecule has 0 unspecified atom stereocenters. The highest BCUT2D eigenvalue weighted by molar-refractivity contribution is 6.34. The second-order valence-electron chi connectivity index (χ2n) is 10.7. The number of H-pyrrole nitrogens is 1. The number of aromatic amines is 1. The molecule has 3 heterocycles. The molecule has 206 valence electrons. The van der Waals surface area contributed by atoms with E-state index in [1.807, 2.05) is 12.1 Å². The van der Waals surface area contributed by atoms with Gasteiger partial charge in [-0.2, -0.15) is 0 Å². The lowest BCUT2D eigenvalue weighted by molar-refractivity contribution is 0.0697. The van der Waals surface area contributed by atoms with Crippen LogP contribution >= 0.6 is 0 Å². The fraction of sp³-hybridized carbons (Fsp3) is 0.235. The van der Waals surface area contributed by atoms with Crippen LogP contribution in [0.4, 0.5) is 5.69 Å². The standard InChI is InChI=1S/C34H31N3O4/c1-3-5-17-37(18-6-4-2)22-15-16-24-26(19-22)40-31-28(24)27-23-9-7-8-10-25(23)35-29(27)32-30(31)36-33(41-32)20-11-13-21(14-12-20)34(38)39/h7-16,19,35H,3-6,17-18H2,1-2H3,(H,38,39). The summed E-state index contributed by atoms with van der Waals surface area (Å²) in [5.74, 6) is -0.559. The van der Waals surface area contributed by atoms with Gasteiger partial charge in [0.05, 0.1) is 11.1 Å². The molecule has 0 saturated carbocycles. The van der Waals surface area contributed by atoms with Gasteiger partial charge >= 0.3 is 5.97 Å². The summed E-state index contributed by atoms with van der Waals surface area (Å²) < 4.78 is 13.0. The summed E-state index contributed by atoms with van der Waals surface area (Å²) in [5.41, 5.74) is 6.74. The van der Waals surface area contributed by atoms with E-state index in [-0.39, 0.29) is 5.56 Å². The first-order chi connectivity index (χ1) is 20.1. The Bertz CT molecular complexity index is 2060. The summed E-state index contributed by atoms with van der Waals surface area (Å²) in [6, 6.07) is 21.4. The second kappa shape index (κ2) is 10.0. The fourth-order valence-electron chi connectivity index (χ4n) is 5.86. The molecule has 7 heteroatoms. The number of para-hydroxylation sites is 1. The van der Waals surface area contributed by atoms with E-state index in [2.05, 4.69) is 54.1 Å². The number of carboxylic acids is 1. The molecule has 3 aromatic heterocycles. The number of hydrogen-bond acceptors (Lipinski definition) is 5. The van der Waals surface area contributed by atoms with Gasteiger partial charge in [0, 0.05) is 57.5 Å². The van der Waals surface area contributed by atoms with Crippen LogP contribution in [0.1, 0.15) is 49.9 Å². The lowest BCUT2D eigenvalue weighted by Gasteiger charge is -2.24. The van der Waals surface area contributed by atoms with Crippen molar-refractivity contribution >= 4 is 66.5 Å². The molecule has 0 saturated heterocycles. The summed E-state index contributed by atoms with van der Waals surface area (Å²) in [6.07, 6.45) is 4.60. The van der Waals surface area contributed by atoms with Crippen molar-refractivity contribution in [3.8, 4) is 11.5 Å². The Morgan fingerprint density at radius 2 is 1.63 bits per heavy atom. The van der Waals surface area contributed by atoms with Gasteiger partial charge in [-0.15, -0.1) is 0 Å². The van der Waals surface area contributed by atoms with Crippen LogP contribution in [0.3, 0.4) is 0 Å². The zero-order valence-electron chi connectivity index (χ0n) is 23.2. The maximum Gasteiger partial charge on any atom is 0.335 e. The number of furan rings is 1. The topological polar surface area (TPSA) is 95.5 Å². The van der Waals surface area contributed by atoms with E-state index in [1.165, 1.54) is 5.69 Å². The summed E-state index contributed by atoms with van der Waals surface area (Å²) in [4.78, 5) is 22.3. The number of unbranched alkanes of at least 4 members (excludes halogenated alkanes) is 2. The Morgan fingerprint density at radius 3 is 2.37 bits per heavy atom. The van der Waals surface area contributed by atoms with Crippen LogP contribution in [-0.2, 0) is 0 Å². The quantitative estimate of drug-likeness (QED) is 0.188. The molecule has 0 bridgehead atoms. The molecule has 0 atom stereocenters. The number of carbonyl (C=O) groups is 1. The number of benzene rings is 4. The van der Waals surface area contributed by atoms with Crippen LogP contribution in [0.15, 0.2) is 75.6 Å². The highest BCUT2D eigenvalue weighted by atomic mass is 16.4. The van der Waals surface area contributed by atoms with Gasteiger partial charge in [-0.1, -0.05) is 44.9 Å². The number of anilines is 1. The summed E-state index contributed by atoms with van der Waals surface area (Å²) in [6.45, 7) is 6.49. The lowest BCUT2D eigenvalue weighted by Crippen LogP contribution is -2.25. The normalized spacial score (nSPS) is 12.0. The molecule has 2 N–H and O–H groups in total. The molecule has 7 aromatic rings. The molecular weight excluding hydrogens is 514 g/mol. The molecule has 0 aliphatic heterocycles. The van der Waals surface area contributed by atoms with Crippen molar-refractivity contribution in [2.75, 3.05) is 18.0 Å². The maximum atomic E-state index is 11.4. The zero-order valence-corrected chi connectivity index (χ0v) is 23.2. The molecule has 41 heavy (non-hydrogen) atoms. The van der Waals surface area contributed by atoms with Crippen molar-refractivity contribution in [2.45, 2.75) is 39.5 Å². The second-order valence-corrected chi connectivity index (χ2v) is 10.7. The van der Waals surface area contributed by atoms with Crippen LogP contribution in [0.5, 0.6) is 0 Å². The molecular formula is C34H31N3O4. The van der Waals surface area contributed by atoms with E-state index in [9.17, 15) is 9.90 Å². The van der Waals surface area contributed by atoms with E-state index in [1.54, 1.807) is 24.3 Å². The summed E-state index contributed by atoms with van der Waals surface area (Å²) in [7, 11) is 0. The number of oxazole rings is 1. The van der Waals surface area contributed by atoms with Gasteiger partial charge in [-0.05, 0) is 55.3 Å². The van der Waals surface area contributed by atoms with Crippen LogP contribution in [0.25, 0.3) is 66.3 Å². The Morgan fingerprint density at radius 1 is 0.878 bits per heavy atom. The van der Waals surface area contributed by atoms with Gasteiger partial charge in [0.2, 0.25) is 5.89 Å². The molecule has 7 nitrogen and oxygen atoms in total. The Kier molecular flexibility index (Phi) is 6.15. The van der Waals surface area contributed by atoms with Crippen molar-refractivity contribution in [3.63, 3.8) is 0 Å². The van der Waals surface area contributed by atoms with E-state index in [0.29, 0.717) is 28.1 Å². The number of aromatic nitrogens is 2. The van der Waals surface area contributed by atoms with Gasteiger partial charge in [0.15, 0.2) is 16.7 Å². The van der Waals surface area contributed by atoms with E-state index in [4.69, 9.17) is 13.8 Å². The minimum absolute atomic E-state index is 0.213. The average Bonchev–Trinajstić information content (AvgIpc) is 3.70. The van der Waals surface area contributed by atoms with Crippen LogP contribution in [0, 0.1) is 0 Å². The first-order valence-electron chi connectivity index (χ1n) is 14.3. The molecule has 0 amide bonds. The predicted octanol–water partition coefficient (Wildman–Crippen LogP) is 9.13. The Balaban J connectivity index is 1.49. The van der Waals surface area contributed by atoms with E-state index >= 15 is 0 Å². The first kappa shape index (κ1) is 25.2. The van der Waals surface area contributed by atoms with Gasteiger partial charge in [0.1, 0.15) is 5.58 Å². The third kappa shape index (κ3) is 4.11. The summed E-state index contributed by atoms with van der Waals surface area (Å²) in [5, 5.41) is 13.5. The third-order valence-corrected chi connectivity index (χ3v) is 8.01. The van der Waals surface area contributed by atoms with Gasteiger partial charge < -0.3 is 23.8 Å². The van der Waals surface area contributed by atoms with Crippen molar-refractivity contribution in [1.29, 1.82) is 0 Å². The minimum atomic E-state index is -0.972. The molecule has 7 rings (SSSR count). The smallest absolute Gasteiger partial charge is 0.335 e. The van der Waals surface area contributed by atoms with Crippen LogP contribution in [0.2, 0.25) is 0 Å². The first-order valence-corrected chi connectivity index (χ1v) is 14.3. The maximum absolute atomic E-state index is 11.4. The average molecular weight is 546 g/mol. The third-order valence-electron chi connectivity index (χ3n) is 8.01. The molecule has 0 fully saturated rings. The Hall–Kier alpha value is -4.78. The fourth-order valence-corrected chi connectivity index (χ4v) is 5.86. The molecule has 0 aliphatic rings. The molecule has 0 spiro atoms.